The molecule has 3 aromatic rings. The van der Waals surface area contributed by atoms with Gasteiger partial charge >= 0.3 is 0 Å². The Labute approximate surface area is 167 Å². The number of hydrogen-bond acceptors (Lipinski definition) is 4. The number of nitrogens with zero attached hydrogens (tertiary/aromatic N) is 1. The van der Waals surface area contributed by atoms with Gasteiger partial charge in [-0.3, -0.25) is 4.79 Å². The molecule has 2 aromatic carbocycles. The third-order valence-electron chi connectivity index (χ3n) is 4.91. The number of anilines is 1. The van der Waals surface area contributed by atoms with Crippen LogP contribution in [-0.4, -0.2) is 18.0 Å². The zero-order chi connectivity index (χ0) is 18.9. The van der Waals surface area contributed by atoms with Crippen molar-refractivity contribution in [1.29, 1.82) is 0 Å². The van der Waals surface area contributed by atoms with E-state index in [0.717, 1.165) is 41.0 Å². The number of thiazole rings is 1. The average Bonchev–Trinajstić information content (AvgIpc) is 3.38. The molecule has 1 amide bonds. The molecule has 0 saturated heterocycles. The van der Waals surface area contributed by atoms with Gasteiger partial charge in [0.05, 0.1) is 12.5 Å². The quantitative estimate of drug-likeness (QED) is 0.630. The fourth-order valence-corrected chi connectivity index (χ4v) is 4.20. The molecule has 0 radical (unpaired) electrons. The molecule has 1 heterocycles. The molecule has 4 rings (SSSR count). The van der Waals surface area contributed by atoms with E-state index in [4.69, 9.17) is 16.3 Å². The number of benzene rings is 2. The summed E-state index contributed by atoms with van der Waals surface area (Å²) in [5, 5.41) is 4.30. The number of amides is 1. The third kappa shape index (κ3) is 3.70. The Hall–Kier alpha value is -2.37. The van der Waals surface area contributed by atoms with E-state index < -0.39 is 5.41 Å². The van der Waals surface area contributed by atoms with Crippen LogP contribution in [0.3, 0.4) is 0 Å². The minimum atomic E-state index is -0.445. The summed E-state index contributed by atoms with van der Waals surface area (Å²) in [6, 6.07) is 15.5. The van der Waals surface area contributed by atoms with Crippen LogP contribution in [0.15, 0.2) is 54.7 Å². The van der Waals surface area contributed by atoms with Gasteiger partial charge in [0.1, 0.15) is 5.75 Å². The molecule has 6 heteroatoms. The molecule has 0 atom stereocenters. The lowest BCUT2D eigenvalue weighted by atomic mass is 9.95. The molecule has 1 aromatic heterocycles. The summed E-state index contributed by atoms with van der Waals surface area (Å²) in [4.78, 5) is 18.3. The summed E-state index contributed by atoms with van der Waals surface area (Å²) in [5.41, 5.74) is 1.66. The van der Waals surface area contributed by atoms with E-state index in [0.29, 0.717) is 10.2 Å². The second-order valence-corrected chi connectivity index (χ2v) is 8.22. The van der Waals surface area contributed by atoms with E-state index >= 15 is 0 Å². The monoisotopic (exact) mass is 398 g/mol. The molecule has 1 aliphatic carbocycles. The zero-order valence-corrected chi connectivity index (χ0v) is 16.4. The third-order valence-corrected chi connectivity index (χ3v) is 6.08. The first-order valence-corrected chi connectivity index (χ1v) is 9.94. The Morgan fingerprint density at radius 1 is 1.22 bits per heavy atom. The van der Waals surface area contributed by atoms with Crippen LogP contribution in [0.2, 0.25) is 5.02 Å². The topological polar surface area (TPSA) is 51.2 Å². The average molecular weight is 399 g/mol. The molecule has 4 nitrogen and oxygen atoms in total. The summed E-state index contributed by atoms with van der Waals surface area (Å²) in [7, 11) is 1.67. The van der Waals surface area contributed by atoms with Crippen LogP contribution < -0.4 is 10.1 Å². The van der Waals surface area contributed by atoms with Crippen LogP contribution in [0.4, 0.5) is 5.13 Å². The van der Waals surface area contributed by atoms with Crippen LogP contribution in [-0.2, 0) is 16.6 Å². The highest BCUT2D eigenvalue weighted by Crippen LogP contribution is 2.49. The van der Waals surface area contributed by atoms with Crippen molar-refractivity contribution in [2.24, 2.45) is 0 Å². The van der Waals surface area contributed by atoms with Crippen molar-refractivity contribution in [2.75, 3.05) is 12.4 Å². The van der Waals surface area contributed by atoms with Gasteiger partial charge in [-0.05, 0) is 42.2 Å². The lowest BCUT2D eigenvalue weighted by Gasteiger charge is -2.14. The number of rotatable bonds is 6. The van der Waals surface area contributed by atoms with Gasteiger partial charge in [-0.1, -0.05) is 41.9 Å². The van der Waals surface area contributed by atoms with Gasteiger partial charge in [0.25, 0.3) is 0 Å². The SMILES string of the molecule is COc1ccccc1Cc1cnc(NC(=O)C2(c3ccc(Cl)cc3)CC2)s1. The number of carbonyl (C=O) groups excluding carboxylic acids is 1. The minimum absolute atomic E-state index is 0.00279. The fourth-order valence-electron chi connectivity index (χ4n) is 3.24. The molecule has 1 aliphatic rings. The highest BCUT2D eigenvalue weighted by Gasteiger charge is 2.51. The summed E-state index contributed by atoms with van der Waals surface area (Å²) in [5.74, 6) is 0.860. The van der Waals surface area contributed by atoms with Gasteiger partial charge in [0, 0.05) is 22.5 Å². The van der Waals surface area contributed by atoms with Gasteiger partial charge in [-0.2, -0.15) is 0 Å². The summed E-state index contributed by atoms with van der Waals surface area (Å²) in [6.45, 7) is 0. The van der Waals surface area contributed by atoms with E-state index in [1.54, 1.807) is 7.11 Å². The Morgan fingerprint density at radius 2 is 1.96 bits per heavy atom. The Balaban J connectivity index is 1.46. The van der Waals surface area contributed by atoms with E-state index in [1.165, 1.54) is 11.3 Å². The first-order chi connectivity index (χ1) is 13.1. The number of para-hydroxylation sites is 1. The molecule has 0 spiro atoms. The van der Waals surface area contributed by atoms with Crippen LogP contribution in [0.25, 0.3) is 0 Å². The highest BCUT2D eigenvalue weighted by molar-refractivity contribution is 7.15. The number of ether oxygens (including phenoxy) is 1. The second-order valence-electron chi connectivity index (χ2n) is 6.66. The summed E-state index contributed by atoms with van der Waals surface area (Å²) < 4.78 is 5.40. The van der Waals surface area contributed by atoms with Gasteiger partial charge in [-0.15, -0.1) is 11.3 Å². The number of aromatic nitrogens is 1. The summed E-state index contributed by atoms with van der Waals surface area (Å²) >= 11 is 7.46. The first-order valence-electron chi connectivity index (χ1n) is 8.75. The maximum absolute atomic E-state index is 12.9. The van der Waals surface area contributed by atoms with Crippen molar-refractivity contribution in [2.45, 2.75) is 24.7 Å². The predicted molar refractivity (Wildman–Crippen MR) is 109 cm³/mol. The maximum Gasteiger partial charge on any atom is 0.236 e. The number of methoxy groups -OCH3 is 1. The Kier molecular flexibility index (Phi) is 4.89. The van der Waals surface area contributed by atoms with Crippen LogP contribution in [0.5, 0.6) is 5.75 Å². The van der Waals surface area contributed by atoms with Crippen LogP contribution >= 0.6 is 22.9 Å². The number of halogens is 1. The van der Waals surface area contributed by atoms with Crippen LogP contribution in [0.1, 0.15) is 28.8 Å². The van der Waals surface area contributed by atoms with Gasteiger partial charge in [-0.25, -0.2) is 4.98 Å². The Morgan fingerprint density at radius 3 is 2.67 bits per heavy atom. The first kappa shape index (κ1) is 18.0. The molecular formula is C21H19ClN2O2S. The summed E-state index contributed by atoms with van der Waals surface area (Å²) in [6.07, 6.45) is 4.23. The van der Waals surface area contributed by atoms with E-state index in [9.17, 15) is 4.79 Å². The normalized spacial score (nSPS) is 14.6. The fraction of sp³-hybridized carbons (Fsp3) is 0.238. The molecular weight excluding hydrogens is 380 g/mol. The molecule has 1 fully saturated rings. The van der Waals surface area contributed by atoms with E-state index in [2.05, 4.69) is 10.3 Å². The van der Waals surface area contributed by atoms with Crippen molar-refractivity contribution in [3.8, 4) is 5.75 Å². The van der Waals surface area contributed by atoms with Gasteiger partial charge in [0.2, 0.25) is 5.91 Å². The standard InChI is InChI=1S/C21H19ClN2O2S/c1-26-18-5-3-2-4-14(18)12-17-13-23-20(27-17)24-19(25)21(10-11-21)15-6-8-16(22)9-7-15/h2-9,13H,10-12H2,1H3,(H,23,24,25). The van der Waals surface area contributed by atoms with Crippen molar-refractivity contribution >= 4 is 34.0 Å². The van der Waals surface area contributed by atoms with Crippen molar-refractivity contribution < 1.29 is 9.53 Å². The lowest BCUT2D eigenvalue weighted by Crippen LogP contribution is -2.27. The maximum atomic E-state index is 12.9. The number of hydrogen-bond donors (Lipinski definition) is 1. The number of carbonyl (C=O) groups is 1. The van der Waals surface area contributed by atoms with Crippen molar-refractivity contribution in [3.63, 3.8) is 0 Å². The highest BCUT2D eigenvalue weighted by atomic mass is 35.5. The molecule has 0 bridgehead atoms. The molecule has 0 aliphatic heterocycles. The van der Waals surface area contributed by atoms with Crippen molar-refractivity contribution in [3.05, 3.63) is 75.8 Å². The van der Waals surface area contributed by atoms with Crippen LogP contribution in [0, 0.1) is 0 Å². The van der Waals surface area contributed by atoms with Gasteiger partial charge in [0.15, 0.2) is 5.13 Å². The van der Waals surface area contributed by atoms with Crippen molar-refractivity contribution in [1.82, 2.24) is 4.98 Å². The largest absolute Gasteiger partial charge is 0.496 e. The zero-order valence-electron chi connectivity index (χ0n) is 14.9. The molecule has 1 N–H and O–H groups in total. The molecule has 138 valence electrons. The molecule has 27 heavy (non-hydrogen) atoms. The number of nitrogens with one attached hydrogen (secondary N) is 1. The predicted octanol–water partition coefficient (Wildman–Crippen LogP) is 5.07. The lowest BCUT2D eigenvalue weighted by molar-refractivity contribution is -0.118. The smallest absolute Gasteiger partial charge is 0.236 e. The Bertz CT molecular complexity index is 964. The molecule has 0 unspecified atom stereocenters. The minimum Gasteiger partial charge on any atom is -0.496 e. The van der Waals surface area contributed by atoms with Gasteiger partial charge < -0.3 is 10.1 Å². The molecule has 1 saturated carbocycles. The second kappa shape index (κ2) is 7.33. The van der Waals surface area contributed by atoms with E-state index in [1.807, 2.05) is 54.7 Å². The van der Waals surface area contributed by atoms with E-state index in [-0.39, 0.29) is 5.91 Å².